The third-order valence-corrected chi connectivity index (χ3v) is 3.17. The summed E-state index contributed by atoms with van der Waals surface area (Å²) in [5.74, 6) is 1.47. The summed E-state index contributed by atoms with van der Waals surface area (Å²) in [5.41, 5.74) is 2.79. The molecule has 21 heavy (non-hydrogen) atoms. The van der Waals surface area contributed by atoms with Gasteiger partial charge in [-0.25, -0.2) is 0 Å². The first kappa shape index (κ1) is 17.8. The van der Waals surface area contributed by atoms with Gasteiger partial charge in [0.25, 0.3) is 0 Å². The van der Waals surface area contributed by atoms with Gasteiger partial charge in [0, 0.05) is 12.1 Å². The Morgan fingerprint density at radius 2 is 1.67 bits per heavy atom. The Kier molecular flexibility index (Phi) is 6.47. The van der Waals surface area contributed by atoms with Crippen LogP contribution >= 0.6 is 0 Å². The van der Waals surface area contributed by atoms with Gasteiger partial charge in [0.1, 0.15) is 5.75 Å². The van der Waals surface area contributed by atoms with Gasteiger partial charge in [-0.15, -0.1) is 0 Å². The minimum absolute atomic E-state index is 0.142. The van der Waals surface area contributed by atoms with Crippen molar-refractivity contribution in [3.63, 3.8) is 0 Å². The van der Waals surface area contributed by atoms with Crippen LogP contribution in [0.3, 0.4) is 0 Å². The van der Waals surface area contributed by atoms with E-state index >= 15 is 0 Å². The van der Waals surface area contributed by atoms with Crippen molar-refractivity contribution in [2.24, 2.45) is 5.92 Å². The molecular weight excluding hydrogens is 258 g/mol. The molecule has 0 saturated carbocycles. The molecule has 1 N–H and O–H groups in total. The molecule has 0 aliphatic heterocycles. The smallest absolute Gasteiger partial charge is 0.119 e. The van der Waals surface area contributed by atoms with Crippen LogP contribution in [0.15, 0.2) is 29.8 Å². The van der Waals surface area contributed by atoms with Crippen molar-refractivity contribution in [1.29, 1.82) is 0 Å². The molecule has 118 valence electrons. The Labute approximate surface area is 130 Å². The molecule has 0 atom stereocenters. The Balaban J connectivity index is 2.80. The number of hydrogen-bond donors (Lipinski definition) is 1. The molecule has 1 aromatic carbocycles. The third-order valence-electron chi connectivity index (χ3n) is 3.17. The zero-order chi connectivity index (χ0) is 16.0. The molecule has 1 aromatic rings. The molecule has 0 aromatic heterocycles. The molecule has 0 spiro atoms. The first-order valence-electron chi connectivity index (χ1n) is 7.89. The normalized spacial score (nSPS) is 13.1. The number of ether oxygens (including phenoxy) is 1. The number of nitrogens with one attached hydrogen (secondary N) is 1. The van der Waals surface area contributed by atoms with Gasteiger partial charge in [-0.05, 0) is 58.2 Å². The van der Waals surface area contributed by atoms with E-state index in [9.17, 15) is 0 Å². The summed E-state index contributed by atoms with van der Waals surface area (Å²) in [6, 6.07) is 8.33. The number of rotatable bonds is 6. The summed E-state index contributed by atoms with van der Waals surface area (Å²) in [7, 11) is 0. The van der Waals surface area contributed by atoms with Gasteiger partial charge in [-0.3, -0.25) is 0 Å². The molecule has 2 nitrogen and oxygen atoms in total. The Morgan fingerprint density at radius 3 is 2.10 bits per heavy atom. The van der Waals surface area contributed by atoms with Gasteiger partial charge in [-0.1, -0.05) is 37.6 Å². The minimum atomic E-state index is 0.142. The molecule has 0 heterocycles. The van der Waals surface area contributed by atoms with Gasteiger partial charge < -0.3 is 10.1 Å². The second-order valence-corrected chi connectivity index (χ2v) is 7.21. The lowest BCUT2D eigenvalue weighted by atomic mass is 9.98. The maximum Gasteiger partial charge on any atom is 0.119 e. The summed E-state index contributed by atoms with van der Waals surface area (Å²) >= 11 is 0. The van der Waals surface area contributed by atoms with Crippen molar-refractivity contribution in [3.8, 4) is 5.75 Å². The maximum atomic E-state index is 5.68. The van der Waals surface area contributed by atoms with E-state index in [1.807, 2.05) is 26.0 Å². The summed E-state index contributed by atoms with van der Waals surface area (Å²) in [6.45, 7) is 16.1. The molecule has 2 heteroatoms. The zero-order valence-corrected chi connectivity index (χ0v) is 14.7. The van der Waals surface area contributed by atoms with Crippen molar-refractivity contribution in [1.82, 2.24) is 5.32 Å². The lowest BCUT2D eigenvalue weighted by Crippen LogP contribution is -2.37. The predicted molar refractivity (Wildman–Crippen MR) is 92.8 cm³/mol. The minimum Gasteiger partial charge on any atom is -0.491 e. The molecule has 0 aliphatic carbocycles. The fraction of sp³-hybridized carbons (Fsp3) is 0.579. The van der Waals surface area contributed by atoms with E-state index in [1.165, 1.54) is 11.1 Å². The van der Waals surface area contributed by atoms with Crippen molar-refractivity contribution < 1.29 is 4.74 Å². The highest BCUT2D eigenvalue weighted by Crippen LogP contribution is 2.19. The molecule has 0 bridgehead atoms. The largest absolute Gasteiger partial charge is 0.491 e. The van der Waals surface area contributed by atoms with Crippen LogP contribution in [0, 0.1) is 5.92 Å². The van der Waals surface area contributed by atoms with Crippen LogP contribution in [0.2, 0.25) is 0 Å². The molecule has 0 aliphatic rings. The highest BCUT2D eigenvalue weighted by Gasteiger charge is 2.11. The van der Waals surface area contributed by atoms with Crippen molar-refractivity contribution in [3.05, 3.63) is 35.4 Å². The second kappa shape index (κ2) is 7.65. The topological polar surface area (TPSA) is 21.3 Å². The van der Waals surface area contributed by atoms with E-state index in [-0.39, 0.29) is 11.6 Å². The van der Waals surface area contributed by atoms with E-state index < -0.39 is 0 Å². The number of benzene rings is 1. The van der Waals surface area contributed by atoms with Gasteiger partial charge in [0.15, 0.2) is 0 Å². The first-order chi connectivity index (χ1) is 9.67. The molecule has 0 radical (unpaired) electrons. The summed E-state index contributed by atoms with van der Waals surface area (Å²) in [5, 5.41) is 3.57. The van der Waals surface area contributed by atoms with E-state index in [1.54, 1.807) is 0 Å². The fourth-order valence-corrected chi connectivity index (χ4v) is 1.92. The van der Waals surface area contributed by atoms with E-state index in [2.05, 4.69) is 58.1 Å². The molecule has 0 amide bonds. The van der Waals surface area contributed by atoms with Crippen LogP contribution in [-0.2, 0) is 0 Å². The Hall–Kier alpha value is -1.28. The monoisotopic (exact) mass is 289 g/mol. The number of hydrogen-bond acceptors (Lipinski definition) is 2. The van der Waals surface area contributed by atoms with Crippen molar-refractivity contribution in [2.75, 3.05) is 6.54 Å². The van der Waals surface area contributed by atoms with Gasteiger partial charge in [0.2, 0.25) is 0 Å². The van der Waals surface area contributed by atoms with Gasteiger partial charge in [0.05, 0.1) is 6.10 Å². The quantitative estimate of drug-likeness (QED) is 0.804. The summed E-state index contributed by atoms with van der Waals surface area (Å²) in [4.78, 5) is 0. The van der Waals surface area contributed by atoms with E-state index in [0.717, 1.165) is 12.3 Å². The molecule has 0 saturated heterocycles. The van der Waals surface area contributed by atoms with E-state index in [0.29, 0.717) is 5.92 Å². The molecule has 1 rings (SSSR count). The third kappa shape index (κ3) is 7.33. The van der Waals surface area contributed by atoms with Crippen LogP contribution in [0.1, 0.15) is 54.0 Å². The van der Waals surface area contributed by atoms with Crippen LogP contribution in [0.5, 0.6) is 5.75 Å². The van der Waals surface area contributed by atoms with Crippen LogP contribution in [-0.4, -0.2) is 18.2 Å². The summed E-state index contributed by atoms with van der Waals surface area (Å²) < 4.78 is 5.68. The summed E-state index contributed by atoms with van der Waals surface area (Å²) in [6.07, 6.45) is 2.50. The van der Waals surface area contributed by atoms with Crippen molar-refractivity contribution in [2.45, 2.75) is 60.1 Å². The maximum absolute atomic E-state index is 5.68. The zero-order valence-electron chi connectivity index (χ0n) is 14.7. The van der Waals surface area contributed by atoms with Gasteiger partial charge in [-0.2, -0.15) is 0 Å². The van der Waals surface area contributed by atoms with Crippen LogP contribution in [0.4, 0.5) is 0 Å². The lowest BCUT2D eigenvalue weighted by molar-refractivity contribution is 0.242. The predicted octanol–water partition coefficient (Wildman–Crippen LogP) is 4.90. The lowest BCUT2D eigenvalue weighted by Gasteiger charge is -2.23. The molecular formula is C19H31NO. The van der Waals surface area contributed by atoms with Crippen LogP contribution in [0.25, 0.3) is 6.08 Å². The highest BCUT2D eigenvalue weighted by atomic mass is 16.5. The average Bonchev–Trinajstić information content (AvgIpc) is 2.34. The fourth-order valence-electron chi connectivity index (χ4n) is 1.92. The van der Waals surface area contributed by atoms with Crippen molar-refractivity contribution >= 4 is 6.08 Å². The Morgan fingerprint density at radius 1 is 1.10 bits per heavy atom. The first-order valence-corrected chi connectivity index (χ1v) is 7.89. The second-order valence-electron chi connectivity index (χ2n) is 7.21. The molecule has 0 fully saturated rings. The highest BCUT2D eigenvalue weighted by molar-refractivity contribution is 5.54. The Bertz CT molecular complexity index is 449. The SMILES string of the molecule is CC(C)Oc1ccc(C=C(CNC(C)(C)C)C(C)C)cc1. The van der Waals surface area contributed by atoms with Gasteiger partial charge >= 0.3 is 0 Å². The molecule has 0 unspecified atom stereocenters. The van der Waals surface area contributed by atoms with Crippen LogP contribution < -0.4 is 10.1 Å². The average molecular weight is 289 g/mol. The van der Waals surface area contributed by atoms with E-state index in [4.69, 9.17) is 4.74 Å². The standard InChI is InChI=1S/C19H31NO/c1-14(2)17(13-20-19(5,6)7)12-16-8-10-18(11-9-16)21-15(3)4/h8-12,14-15,20H,13H2,1-7H3.